The van der Waals surface area contributed by atoms with Crippen molar-refractivity contribution in [2.45, 2.75) is 6.42 Å². The fourth-order valence-corrected chi connectivity index (χ4v) is 1.78. The van der Waals surface area contributed by atoms with Crippen molar-refractivity contribution < 1.29 is 9.66 Å². The monoisotopic (exact) mass is 219 g/mol. The summed E-state index contributed by atoms with van der Waals surface area (Å²) in [4.78, 5) is 10.7. The van der Waals surface area contributed by atoms with E-state index in [9.17, 15) is 10.1 Å². The van der Waals surface area contributed by atoms with Crippen LogP contribution in [0.4, 0.5) is 0 Å². The molecule has 0 radical (unpaired) electrons. The lowest BCUT2D eigenvalue weighted by atomic mass is 10.0. The molecule has 1 aromatic rings. The van der Waals surface area contributed by atoms with E-state index in [0.717, 1.165) is 6.42 Å². The van der Waals surface area contributed by atoms with Gasteiger partial charge in [0.15, 0.2) is 0 Å². The van der Waals surface area contributed by atoms with E-state index >= 15 is 0 Å². The van der Waals surface area contributed by atoms with Crippen molar-refractivity contribution in [3.05, 3.63) is 52.1 Å². The van der Waals surface area contributed by atoms with Gasteiger partial charge in [0.05, 0.1) is 17.1 Å². The van der Waals surface area contributed by atoms with E-state index in [1.807, 2.05) is 6.07 Å². The van der Waals surface area contributed by atoms with E-state index in [-0.39, 0.29) is 16.5 Å². The lowest BCUT2D eigenvalue weighted by Gasteiger charge is -2.02. The second kappa shape index (κ2) is 4.90. The van der Waals surface area contributed by atoms with E-state index in [1.165, 1.54) is 0 Å². The Kier molecular flexibility index (Phi) is 3.31. The van der Waals surface area contributed by atoms with Crippen LogP contribution in [-0.4, -0.2) is 18.1 Å². The van der Waals surface area contributed by atoms with E-state index in [0.29, 0.717) is 18.8 Å². The average molecular weight is 219 g/mol. The summed E-state index contributed by atoms with van der Waals surface area (Å²) in [5, 5.41) is 11.0. The zero-order chi connectivity index (χ0) is 11.4. The predicted octanol–water partition coefficient (Wildman–Crippen LogP) is 2.34. The van der Waals surface area contributed by atoms with Crippen LogP contribution in [0.1, 0.15) is 12.0 Å². The Morgan fingerprint density at radius 3 is 2.75 bits per heavy atom. The first-order chi connectivity index (χ1) is 7.77. The Morgan fingerprint density at radius 1 is 1.44 bits per heavy atom. The molecule has 4 heteroatoms. The Hall–Kier alpha value is -1.68. The van der Waals surface area contributed by atoms with Crippen molar-refractivity contribution in [1.29, 1.82) is 0 Å². The normalized spacial score (nSPS) is 21.0. The van der Waals surface area contributed by atoms with E-state index in [1.54, 1.807) is 30.3 Å². The molecule has 4 nitrogen and oxygen atoms in total. The van der Waals surface area contributed by atoms with Gasteiger partial charge in [-0.2, -0.15) is 0 Å². The molecule has 0 N–H and O–H groups in total. The minimum atomic E-state index is -0.326. The molecule has 1 unspecified atom stereocenters. The van der Waals surface area contributed by atoms with Crippen molar-refractivity contribution >= 4 is 5.70 Å². The topological polar surface area (TPSA) is 52.4 Å². The zero-order valence-corrected chi connectivity index (χ0v) is 8.83. The van der Waals surface area contributed by atoms with Crippen LogP contribution in [0.3, 0.4) is 0 Å². The summed E-state index contributed by atoms with van der Waals surface area (Å²) in [7, 11) is 0. The van der Waals surface area contributed by atoms with Crippen LogP contribution in [0.25, 0.3) is 5.70 Å². The van der Waals surface area contributed by atoms with Gasteiger partial charge in [0.25, 0.3) is 5.70 Å². The van der Waals surface area contributed by atoms with Gasteiger partial charge in [-0.3, -0.25) is 10.1 Å². The minimum absolute atomic E-state index is 0.167. The molecule has 16 heavy (non-hydrogen) atoms. The van der Waals surface area contributed by atoms with Crippen molar-refractivity contribution in [3.8, 4) is 0 Å². The van der Waals surface area contributed by atoms with Crippen molar-refractivity contribution in [3.63, 3.8) is 0 Å². The first-order valence-electron chi connectivity index (χ1n) is 5.27. The first-order valence-corrected chi connectivity index (χ1v) is 5.27. The highest BCUT2D eigenvalue weighted by Gasteiger charge is 2.20. The maximum absolute atomic E-state index is 11.0. The summed E-state index contributed by atoms with van der Waals surface area (Å²) in [6.45, 7) is 1.28. The highest BCUT2D eigenvalue weighted by molar-refractivity contribution is 5.58. The lowest BCUT2D eigenvalue weighted by Crippen LogP contribution is -2.03. The number of ether oxygens (including phenoxy) is 1. The molecular weight excluding hydrogens is 206 g/mol. The standard InChI is InChI=1S/C12H13NO3/c14-13(15)12(8-10-6-7-16-9-10)11-4-2-1-3-5-11/h1-5,8,10H,6-7,9H2/b12-8+. The van der Waals surface area contributed by atoms with Gasteiger partial charge >= 0.3 is 0 Å². The molecule has 1 atom stereocenters. The summed E-state index contributed by atoms with van der Waals surface area (Å²) in [5.41, 5.74) is 0.829. The highest BCUT2D eigenvalue weighted by Crippen LogP contribution is 2.21. The van der Waals surface area contributed by atoms with Crippen LogP contribution in [0, 0.1) is 16.0 Å². The average Bonchev–Trinajstić information content (AvgIpc) is 2.79. The van der Waals surface area contributed by atoms with Gasteiger partial charge in [-0.25, -0.2) is 0 Å². The van der Waals surface area contributed by atoms with Gasteiger partial charge in [0.1, 0.15) is 0 Å². The fourth-order valence-electron chi connectivity index (χ4n) is 1.78. The maximum atomic E-state index is 11.0. The third-order valence-electron chi connectivity index (χ3n) is 2.62. The maximum Gasteiger partial charge on any atom is 0.272 e. The van der Waals surface area contributed by atoms with Gasteiger partial charge < -0.3 is 4.74 Å². The Labute approximate surface area is 93.7 Å². The summed E-state index contributed by atoms with van der Waals surface area (Å²) >= 11 is 0. The van der Waals surface area contributed by atoms with Crippen LogP contribution in [0.15, 0.2) is 36.4 Å². The molecule has 0 spiro atoms. The molecular formula is C12H13NO3. The first kappa shape index (κ1) is 10.8. The number of nitro groups is 1. The Bertz CT molecular complexity index is 394. The molecule has 0 bridgehead atoms. The van der Waals surface area contributed by atoms with Gasteiger partial charge in [-0.1, -0.05) is 18.2 Å². The molecule has 1 aliphatic heterocycles. The van der Waals surface area contributed by atoms with Crippen LogP contribution in [0.2, 0.25) is 0 Å². The van der Waals surface area contributed by atoms with Crippen LogP contribution >= 0.6 is 0 Å². The molecule has 0 aliphatic carbocycles. The van der Waals surface area contributed by atoms with E-state index in [4.69, 9.17) is 4.74 Å². The third kappa shape index (κ3) is 2.46. The van der Waals surface area contributed by atoms with E-state index < -0.39 is 0 Å². The summed E-state index contributed by atoms with van der Waals surface area (Å²) in [6.07, 6.45) is 2.58. The van der Waals surface area contributed by atoms with Crippen molar-refractivity contribution in [2.24, 2.45) is 5.92 Å². The highest BCUT2D eigenvalue weighted by atomic mass is 16.6. The summed E-state index contributed by atoms with van der Waals surface area (Å²) in [5.74, 6) is 0.167. The SMILES string of the molecule is O=[N+]([O-])/C(=C/C1CCOC1)c1ccccc1. The van der Waals surface area contributed by atoms with E-state index in [2.05, 4.69) is 0 Å². The third-order valence-corrected chi connectivity index (χ3v) is 2.62. The largest absolute Gasteiger partial charge is 0.381 e. The van der Waals surface area contributed by atoms with Crippen molar-refractivity contribution in [1.82, 2.24) is 0 Å². The molecule has 1 saturated heterocycles. The number of hydrogen-bond acceptors (Lipinski definition) is 3. The second-order valence-electron chi connectivity index (χ2n) is 3.80. The fraction of sp³-hybridized carbons (Fsp3) is 0.333. The molecule has 1 heterocycles. The molecule has 0 saturated carbocycles. The molecule has 1 fully saturated rings. The van der Waals surface area contributed by atoms with Crippen LogP contribution in [0.5, 0.6) is 0 Å². The second-order valence-corrected chi connectivity index (χ2v) is 3.80. The molecule has 84 valence electrons. The lowest BCUT2D eigenvalue weighted by molar-refractivity contribution is -0.375. The number of nitrogens with zero attached hydrogens (tertiary/aromatic N) is 1. The number of hydrogen-bond donors (Lipinski definition) is 0. The predicted molar refractivity (Wildman–Crippen MR) is 60.3 cm³/mol. The quantitative estimate of drug-likeness (QED) is 0.579. The van der Waals surface area contributed by atoms with Gasteiger partial charge in [0, 0.05) is 12.5 Å². The molecule has 0 amide bonds. The summed E-state index contributed by atoms with van der Waals surface area (Å²) in [6, 6.07) is 8.96. The molecule has 2 rings (SSSR count). The zero-order valence-electron chi connectivity index (χ0n) is 8.83. The van der Waals surface area contributed by atoms with Crippen LogP contribution < -0.4 is 0 Å². The molecule has 1 aromatic carbocycles. The Balaban J connectivity index is 2.26. The van der Waals surface area contributed by atoms with Gasteiger partial charge in [0.2, 0.25) is 0 Å². The van der Waals surface area contributed by atoms with Crippen molar-refractivity contribution in [2.75, 3.05) is 13.2 Å². The summed E-state index contributed by atoms with van der Waals surface area (Å²) < 4.78 is 5.21. The Morgan fingerprint density at radius 2 is 2.19 bits per heavy atom. The molecule has 0 aromatic heterocycles. The van der Waals surface area contributed by atoms with Gasteiger partial charge in [-0.05, 0) is 24.6 Å². The van der Waals surface area contributed by atoms with Gasteiger partial charge in [-0.15, -0.1) is 0 Å². The minimum Gasteiger partial charge on any atom is -0.381 e. The number of benzene rings is 1. The number of rotatable bonds is 3. The smallest absolute Gasteiger partial charge is 0.272 e. The molecule has 1 aliphatic rings. The van der Waals surface area contributed by atoms with Crippen LogP contribution in [-0.2, 0) is 4.74 Å².